The van der Waals surface area contributed by atoms with E-state index in [9.17, 15) is 0 Å². The lowest BCUT2D eigenvalue weighted by Crippen LogP contribution is -1.83. The summed E-state index contributed by atoms with van der Waals surface area (Å²) in [6.45, 7) is 2.10. The highest BCUT2D eigenvalue weighted by atomic mass is 79.9. The fraction of sp³-hybridized carbons (Fsp3) is 0.0526. The molecule has 0 unspecified atom stereocenters. The maximum atomic E-state index is 5.82. The molecule has 3 aromatic rings. The summed E-state index contributed by atoms with van der Waals surface area (Å²) in [6.07, 6.45) is 0. The number of halogens is 1. The molecule has 1 nitrogen and oxygen atoms in total. The minimum Gasteiger partial charge on any atom is -0.457 e. The second-order valence-corrected chi connectivity index (χ2v) is 7.01. The molecule has 0 bridgehead atoms. The summed E-state index contributed by atoms with van der Waals surface area (Å²) in [7, 11) is 0. The first-order chi connectivity index (χ1) is 10.7. The smallest absolute Gasteiger partial charge is 0.127 e. The van der Waals surface area contributed by atoms with Crippen LogP contribution in [0, 0.1) is 6.92 Å². The van der Waals surface area contributed by atoms with E-state index in [-0.39, 0.29) is 0 Å². The van der Waals surface area contributed by atoms with Crippen LogP contribution in [0.25, 0.3) is 0 Å². The third-order valence-electron chi connectivity index (χ3n) is 3.13. The lowest BCUT2D eigenvalue weighted by atomic mass is 10.2. The molecule has 110 valence electrons. The minimum atomic E-state index is 0.835. The van der Waals surface area contributed by atoms with Gasteiger partial charge in [0, 0.05) is 14.3 Å². The van der Waals surface area contributed by atoms with Gasteiger partial charge in [0.25, 0.3) is 0 Å². The van der Waals surface area contributed by atoms with Gasteiger partial charge in [-0.15, -0.1) is 0 Å². The average Bonchev–Trinajstić information content (AvgIpc) is 2.54. The van der Waals surface area contributed by atoms with E-state index in [0.29, 0.717) is 0 Å². The number of hydrogen-bond donors (Lipinski definition) is 0. The molecule has 0 aliphatic carbocycles. The first-order valence-electron chi connectivity index (χ1n) is 6.97. The van der Waals surface area contributed by atoms with Crippen LogP contribution in [-0.2, 0) is 0 Å². The zero-order valence-electron chi connectivity index (χ0n) is 12.1. The molecule has 0 saturated heterocycles. The molecule has 0 radical (unpaired) electrons. The number of hydrogen-bond acceptors (Lipinski definition) is 2. The summed E-state index contributed by atoms with van der Waals surface area (Å²) < 4.78 is 6.87. The fourth-order valence-electron chi connectivity index (χ4n) is 1.96. The van der Waals surface area contributed by atoms with Gasteiger partial charge >= 0.3 is 0 Å². The maximum absolute atomic E-state index is 5.82. The number of aryl methyl sites for hydroxylation is 1. The van der Waals surface area contributed by atoms with Crippen LogP contribution in [0.15, 0.2) is 87.1 Å². The van der Waals surface area contributed by atoms with Crippen molar-refractivity contribution in [1.82, 2.24) is 0 Å². The summed E-state index contributed by atoms with van der Waals surface area (Å²) in [5.74, 6) is 1.68. The highest BCUT2D eigenvalue weighted by Crippen LogP contribution is 2.30. The van der Waals surface area contributed by atoms with Gasteiger partial charge in [0.2, 0.25) is 0 Å². The topological polar surface area (TPSA) is 9.23 Å². The third kappa shape index (κ3) is 4.15. The van der Waals surface area contributed by atoms with Gasteiger partial charge in [-0.3, -0.25) is 0 Å². The van der Waals surface area contributed by atoms with Crippen LogP contribution in [0.1, 0.15) is 5.56 Å². The zero-order valence-corrected chi connectivity index (χ0v) is 14.5. The van der Waals surface area contributed by atoms with Crippen LogP contribution >= 0.6 is 27.7 Å². The van der Waals surface area contributed by atoms with Crippen LogP contribution in [0.2, 0.25) is 0 Å². The van der Waals surface area contributed by atoms with Gasteiger partial charge < -0.3 is 4.74 Å². The second-order valence-electron chi connectivity index (χ2n) is 4.94. The van der Waals surface area contributed by atoms with Crippen LogP contribution in [0.5, 0.6) is 11.5 Å². The average molecular weight is 371 g/mol. The van der Waals surface area contributed by atoms with Gasteiger partial charge in [-0.05, 0) is 67.6 Å². The van der Waals surface area contributed by atoms with Crippen molar-refractivity contribution >= 4 is 27.7 Å². The van der Waals surface area contributed by atoms with Gasteiger partial charge in [-0.1, -0.05) is 45.4 Å². The molecule has 0 aromatic heterocycles. The van der Waals surface area contributed by atoms with E-state index in [1.165, 1.54) is 15.4 Å². The molecule has 0 spiro atoms. The maximum Gasteiger partial charge on any atom is 0.127 e. The molecule has 3 rings (SSSR count). The molecule has 0 atom stereocenters. The molecule has 0 saturated carbocycles. The van der Waals surface area contributed by atoms with Crippen molar-refractivity contribution in [3.8, 4) is 11.5 Å². The zero-order chi connectivity index (χ0) is 15.4. The molecule has 3 aromatic carbocycles. The van der Waals surface area contributed by atoms with Gasteiger partial charge in [0.05, 0.1) is 0 Å². The summed E-state index contributed by atoms with van der Waals surface area (Å²) in [5.41, 5.74) is 1.28. The lowest BCUT2D eigenvalue weighted by Gasteiger charge is -2.07. The van der Waals surface area contributed by atoms with Crippen molar-refractivity contribution in [3.05, 3.63) is 82.8 Å². The van der Waals surface area contributed by atoms with Crippen molar-refractivity contribution < 1.29 is 4.74 Å². The van der Waals surface area contributed by atoms with Crippen LogP contribution in [0.4, 0.5) is 0 Å². The third-order valence-corrected chi connectivity index (χ3v) is 4.67. The molecule has 0 N–H and O–H groups in total. The van der Waals surface area contributed by atoms with E-state index >= 15 is 0 Å². The molecule has 3 heteroatoms. The van der Waals surface area contributed by atoms with Gasteiger partial charge in [-0.25, -0.2) is 0 Å². The van der Waals surface area contributed by atoms with E-state index in [1.54, 1.807) is 11.8 Å². The fourth-order valence-corrected chi connectivity index (χ4v) is 3.04. The van der Waals surface area contributed by atoms with Crippen molar-refractivity contribution in [2.75, 3.05) is 0 Å². The molecule has 0 amide bonds. The van der Waals surface area contributed by atoms with Gasteiger partial charge in [0.15, 0.2) is 0 Å². The normalized spacial score (nSPS) is 10.5. The Morgan fingerprint density at radius 1 is 0.682 bits per heavy atom. The summed E-state index contributed by atoms with van der Waals surface area (Å²) in [4.78, 5) is 2.44. The first-order valence-corrected chi connectivity index (χ1v) is 8.58. The summed E-state index contributed by atoms with van der Waals surface area (Å²) in [6, 6.07) is 24.5. The Labute approximate surface area is 143 Å². The van der Waals surface area contributed by atoms with Crippen molar-refractivity contribution in [3.63, 3.8) is 0 Å². The largest absolute Gasteiger partial charge is 0.457 e. The predicted octanol–water partition coefficient (Wildman–Crippen LogP) is 6.70. The van der Waals surface area contributed by atoms with E-state index in [2.05, 4.69) is 59.3 Å². The van der Waals surface area contributed by atoms with Gasteiger partial charge in [0.1, 0.15) is 11.5 Å². The highest BCUT2D eigenvalue weighted by molar-refractivity contribution is 9.10. The number of ether oxygens (including phenoxy) is 1. The van der Waals surface area contributed by atoms with Crippen LogP contribution < -0.4 is 4.74 Å². The van der Waals surface area contributed by atoms with Crippen molar-refractivity contribution in [2.45, 2.75) is 16.7 Å². The molecule has 0 aliphatic rings. The van der Waals surface area contributed by atoms with Crippen molar-refractivity contribution in [2.24, 2.45) is 0 Å². The van der Waals surface area contributed by atoms with E-state index in [4.69, 9.17) is 4.74 Å². The number of benzene rings is 3. The standard InChI is InChI=1S/C19H15BrOS/c1-14-2-10-18(11-3-14)22-19-12-8-17(9-13-19)21-16-6-4-15(20)5-7-16/h2-13H,1H3. The Morgan fingerprint density at radius 3 is 1.68 bits per heavy atom. The quantitative estimate of drug-likeness (QED) is 0.505. The van der Waals surface area contributed by atoms with Crippen LogP contribution in [-0.4, -0.2) is 0 Å². The molecule has 0 heterocycles. The minimum absolute atomic E-state index is 0.835. The summed E-state index contributed by atoms with van der Waals surface area (Å²) in [5, 5.41) is 0. The molecule has 0 fully saturated rings. The Morgan fingerprint density at radius 2 is 1.14 bits per heavy atom. The SMILES string of the molecule is Cc1ccc(Sc2ccc(Oc3ccc(Br)cc3)cc2)cc1. The van der Waals surface area contributed by atoms with E-state index in [0.717, 1.165) is 16.0 Å². The Bertz CT molecular complexity index is 667. The highest BCUT2D eigenvalue weighted by Gasteiger charge is 2.00. The van der Waals surface area contributed by atoms with E-state index in [1.807, 2.05) is 36.4 Å². The van der Waals surface area contributed by atoms with Gasteiger partial charge in [-0.2, -0.15) is 0 Å². The lowest BCUT2D eigenvalue weighted by molar-refractivity contribution is 0.482. The molecular formula is C19H15BrOS. The second kappa shape index (κ2) is 7.03. The Kier molecular flexibility index (Phi) is 4.86. The predicted molar refractivity (Wildman–Crippen MR) is 96.0 cm³/mol. The Hall–Kier alpha value is -1.71. The Balaban J connectivity index is 1.67. The summed E-state index contributed by atoms with van der Waals surface area (Å²) >= 11 is 5.17. The van der Waals surface area contributed by atoms with Crippen molar-refractivity contribution in [1.29, 1.82) is 0 Å². The molecular weight excluding hydrogens is 356 g/mol. The first kappa shape index (κ1) is 15.2. The molecule has 22 heavy (non-hydrogen) atoms. The van der Waals surface area contributed by atoms with E-state index < -0.39 is 0 Å². The van der Waals surface area contributed by atoms with Crippen LogP contribution in [0.3, 0.4) is 0 Å². The monoisotopic (exact) mass is 370 g/mol. The molecule has 0 aliphatic heterocycles. The number of rotatable bonds is 4.